The smallest absolute Gasteiger partial charge is 0.224 e. The largest absolute Gasteiger partial charge is 0.384 e. The zero-order chi connectivity index (χ0) is 15.1. The fraction of sp³-hybridized carbons (Fsp3) is 0.188. The number of carbonyl (C=O) groups excluding carboxylic acids is 1. The molecule has 1 amide bonds. The Bertz CT molecular complexity index is 671. The molecule has 5 heteroatoms. The highest BCUT2D eigenvalue weighted by Crippen LogP contribution is 2.10. The maximum Gasteiger partial charge on any atom is 0.224 e. The van der Waals surface area contributed by atoms with Crippen molar-refractivity contribution in [1.29, 1.82) is 0 Å². The second-order valence-corrected chi connectivity index (χ2v) is 5.13. The molecule has 0 saturated carbocycles. The average Bonchev–Trinajstić information content (AvgIpc) is 2.98. The molecule has 1 heterocycles. The first-order valence-corrected chi connectivity index (χ1v) is 7.29. The molecule has 0 aliphatic rings. The van der Waals surface area contributed by atoms with Crippen molar-refractivity contribution in [3.63, 3.8) is 0 Å². The van der Waals surface area contributed by atoms with Gasteiger partial charge in [-0.25, -0.2) is 4.39 Å². The van der Waals surface area contributed by atoms with Gasteiger partial charge in [-0.3, -0.25) is 4.79 Å². The number of aliphatic hydroxyl groups excluding tert-OH is 1. The summed E-state index contributed by atoms with van der Waals surface area (Å²) < 4.78 is 13.7. The average molecular weight is 303 g/mol. The molecule has 0 aliphatic carbocycles. The molecule has 0 bridgehead atoms. The third-order valence-electron chi connectivity index (χ3n) is 2.78. The minimum absolute atomic E-state index is 0.115. The number of aliphatic hydroxyl groups is 1. The van der Waals surface area contributed by atoms with E-state index in [-0.39, 0.29) is 31.3 Å². The van der Waals surface area contributed by atoms with Gasteiger partial charge in [0.1, 0.15) is 12.4 Å². The number of thiophene rings is 1. The molecule has 2 N–H and O–H groups in total. The van der Waals surface area contributed by atoms with Crippen LogP contribution >= 0.6 is 11.3 Å². The molecule has 0 saturated heterocycles. The Morgan fingerprint density at radius 1 is 1.38 bits per heavy atom. The first-order valence-electron chi connectivity index (χ1n) is 6.35. The van der Waals surface area contributed by atoms with Crippen molar-refractivity contribution in [3.8, 4) is 11.8 Å². The molecule has 0 spiro atoms. The summed E-state index contributed by atoms with van der Waals surface area (Å²) in [5, 5.41) is 15.2. The molecule has 2 aromatic rings. The van der Waals surface area contributed by atoms with Crippen LogP contribution < -0.4 is 5.32 Å². The highest BCUT2D eigenvalue weighted by Gasteiger charge is 2.07. The van der Waals surface area contributed by atoms with Crippen LogP contribution in [0.2, 0.25) is 0 Å². The van der Waals surface area contributed by atoms with Crippen LogP contribution in [0.1, 0.15) is 16.7 Å². The topological polar surface area (TPSA) is 49.3 Å². The van der Waals surface area contributed by atoms with E-state index in [9.17, 15) is 9.18 Å². The van der Waals surface area contributed by atoms with Crippen molar-refractivity contribution in [3.05, 3.63) is 57.5 Å². The van der Waals surface area contributed by atoms with Crippen LogP contribution in [-0.2, 0) is 17.8 Å². The molecule has 0 unspecified atom stereocenters. The summed E-state index contributed by atoms with van der Waals surface area (Å²) in [5.74, 6) is 4.67. The van der Waals surface area contributed by atoms with Crippen LogP contribution in [0.5, 0.6) is 0 Å². The van der Waals surface area contributed by atoms with Crippen LogP contribution in [-0.4, -0.2) is 17.6 Å². The van der Waals surface area contributed by atoms with E-state index in [1.54, 1.807) is 6.07 Å². The third kappa shape index (κ3) is 4.71. The number of nitrogens with one attached hydrogen (secondary N) is 1. The number of rotatable bonds is 4. The maximum atomic E-state index is 13.7. The second kappa shape index (κ2) is 7.58. The standard InChI is InChI=1S/C16H14FNO2S/c17-15-4-3-12(2-1-6-19)8-14(15)10-18-16(20)9-13-5-7-21-11-13/h3-5,7-8,11,19H,6,9-10H2,(H,18,20). The van der Waals surface area contributed by atoms with E-state index in [0.29, 0.717) is 11.1 Å². The van der Waals surface area contributed by atoms with Crippen LogP contribution in [0.15, 0.2) is 35.0 Å². The summed E-state index contributed by atoms with van der Waals surface area (Å²) in [4.78, 5) is 11.8. The number of amides is 1. The Morgan fingerprint density at radius 2 is 2.24 bits per heavy atom. The highest BCUT2D eigenvalue weighted by molar-refractivity contribution is 7.07. The predicted octanol–water partition coefficient (Wildman–Crippen LogP) is 2.09. The Hall–Kier alpha value is -2.16. The van der Waals surface area contributed by atoms with Crippen LogP contribution in [0.3, 0.4) is 0 Å². The minimum Gasteiger partial charge on any atom is -0.384 e. The summed E-state index contributed by atoms with van der Waals surface area (Å²) in [6.45, 7) is -0.131. The molecule has 1 aromatic heterocycles. The summed E-state index contributed by atoms with van der Waals surface area (Å²) in [5.41, 5.74) is 1.92. The molecule has 0 radical (unpaired) electrons. The normalized spacial score (nSPS) is 9.81. The van der Waals surface area contributed by atoms with Crippen molar-refractivity contribution in [1.82, 2.24) is 5.32 Å². The summed E-state index contributed by atoms with van der Waals surface area (Å²) >= 11 is 1.53. The molecule has 21 heavy (non-hydrogen) atoms. The van der Waals surface area contributed by atoms with E-state index >= 15 is 0 Å². The predicted molar refractivity (Wildman–Crippen MR) is 80.2 cm³/mol. The van der Waals surface area contributed by atoms with Gasteiger partial charge in [-0.15, -0.1) is 0 Å². The van der Waals surface area contributed by atoms with E-state index in [2.05, 4.69) is 17.2 Å². The van der Waals surface area contributed by atoms with Crippen LogP contribution in [0.4, 0.5) is 4.39 Å². The number of halogens is 1. The van der Waals surface area contributed by atoms with E-state index in [1.165, 1.54) is 23.5 Å². The van der Waals surface area contributed by atoms with Crippen LogP contribution in [0, 0.1) is 17.7 Å². The zero-order valence-electron chi connectivity index (χ0n) is 11.2. The van der Waals surface area contributed by atoms with Gasteiger partial charge >= 0.3 is 0 Å². The van der Waals surface area contributed by atoms with Gasteiger partial charge in [-0.2, -0.15) is 11.3 Å². The number of hydrogen-bond donors (Lipinski definition) is 2. The summed E-state index contributed by atoms with van der Waals surface area (Å²) in [6.07, 6.45) is 0.287. The molecular formula is C16H14FNO2S. The Morgan fingerprint density at radius 3 is 2.95 bits per heavy atom. The summed E-state index contributed by atoms with van der Waals surface area (Å²) in [6, 6.07) is 6.30. The minimum atomic E-state index is -0.389. The van der Waals surface area contributed by atoms with Crippen molar-refractivity contribution in [2.75, 3.05) is 6.61 Å². The lowest BCUT2D eigenvalue weighted by molar-refractivity contribution is -0.120. The van der Waals surface area contributed by atoms with Crippen molar-refractivity contribution < 1.29 is 14.3 Å². The maximum absolute atomic E-state index is 13.7. The molecule has 0 fully saturated rings. The Labute approximate surface area is 126 Å². The molecule has 108 valence electrons. The van der Waals surface area contributed by atoms with Gasteiger partial charge < -0.3 is 10.4 Å². The quantitative estimate of drug-likeness (QED) is 0.850. The summed E-state index contributed by atoms with van der Waals surface area (Å²) in [7, 11) is 0. The Balaban J connectivity index is 1.97. The van der Waals surface area contributed by atoms with E-state index in [1.807, 2.05) is 16.8 Å². The Kier molecular flexibility index (Phi) is 5.50. The van der Waals surface area contributed by atoms with E-state index in [0.717, 1.165) is 5.56 Å². The van der Waals surface area contributed by atoms with E-state index < -0.39 is 0 Å². The van der Waals surface area contributed by atoms with Gasteiger partial charge in [0.25, 0.3) is 0 Å². The lowest BCUT2D eigenvalue weighted by atomic mass is 10.1. The lowest BCUT2D eigenvalue weighted by Crippen LogP contribution is -2.24. The lowest BCUT2D eigenvalue weighted by Gasteiger charge is -2.06. The first kappa shape index (κ1) is 15.2. The number of carbonyl (C=O) groups is 1. The monoisotopic (exact) mass is 303 g/mol. The molecule has 1 aromatic carbocycles. The highest BCUT2D eigenvalue weighted by atomic mass is 32.1. The molecule has 2 rings (SSSR count). The zero-order valence-corrected chi connectivity index (χ0v) is 12.0. The van der Waals surface area contributed by atoms with Gasteiger partial charge in [0.2, 0.25) is 5.91 Å². The molecule has 0 aliphatic heterocycles. The second-order valence-electron chi connectivity index (χ2n) is 4.35. The molecule has 0 atom stereocenters. The van der Waals surface area contributed by atoms with Crippen LogP contribution in [0.25, 0.3) is 0 Å². The van der Waals surface area contributed by atoms with Gasteiger partial charge in [0.15, 0.2) is 0 Å². The van der Waals surface area contributed by atoms with E-state index in [4.69, 9.17) is 5.11 Å². The number of hydrogen-bond acceptors (Lipinski definition) is 3. The fourth-order valence-electron chi connectivity index (χ4n) is 1.76. The van der Waals surface area contributed by atoms with Gasteiger partial charge in [-0.1, -0.05) is 11.8 Å². The van der Waals surface area contributed by atoms with Gasteiger partial charge in [-0.05, 0) is 40.6 Å². The van der Waals surface area contributed by atoms with Crippen molar-refractivity contribution in [2.24, 2.45) is 0 Å². The fourth-order valence-corrected chi connectivity index (χ4v) is 2.43. The van der Waals surface area contributed by atoms with Gasteiger partial charge in [0, 0.05) is 17.7 Å². The third-order valence-corrected chi connectivity index (χ3v) is 3.51. The number of benzene rings is 1. The van der Waals surface area contributed by atoms with Crippen molar-refractivity contribution in [2.45, 2.75) is 13.0 Å². The molecule has 3 nitrogen and oxygen atoms in total. The first-order chi connectivity index (χ1) is 10.2. The molecular weight excluding hydrogens is 289 g/mol. The van der Waals surface area contributed by atoms with Crippen molar-refractivity contribution >= 4 is 17.2 Å². The SMILES string of the molecule is O=C(Cc1ccsc1)NCc1cc(C#CCO)ccc1F. The van der Waals surface area contributed by atoms with Gasteiger partial charge in [0.05, 0.1) is 6.42 Å².